The molecule has 1 saturated heterocycles. The van der Waals surface area contributed by atoms with Gasteiger partial charge in [-0.3, -0.25) is 4.79 Å². The minimum absolute atomic E-state index is 0.0216. The Morgan fingerprint density at radius 2 is 1.90 bits per heavy atom. The number of carbonyl (C=O) groups excluding carboxylic acids is 2. The molecule has 1 N–H and O–H groups in total. The predicted octanol–water partition coefficient (Wildman–Crippen LogP) is 5.78. The van der Waals surface area contributed by atoms with E-state index in [0.717, 1.165) is 11.3 Å². The summed E-state index contributed by atoms with van der Waals surface area (Å²) < 4.78 is 12.4. The van der Waals surface area contributed by atoms with Gasteiger partial charge in [0.15, 0.2) is 11.5 Å². The SMILES string of the molecule is CCOc1cc(/C=C2/NC(=O)N(c3ccc(Cl)cc3)C2=O)cc(Br)c1O[C@H](C)CC. The molecule has 0 bridgehead atoms. The Balaban J connectivity index is 1.93. The van der Waals surface area contributed by atoms with Crippen molar-refractivity contribution in [1.29, 1.82) is 0 Å². The molecule has 1 aliphatic heterocycles. The smallest absolute Gasteiger partial charge is 0.333 e. The molecule has 158 valence electrons. The number of nitrogens with zero attached hydrogens (tertiary/aromatic N) is 1. The fraction of sp³-hybridized carbons (Fsp3) is 0.273. The van der Waals surface area contributed by atoms with Crippen molar-refractivity contribution in [1.82, 2.24) is 5.32 Å². The van der Waals surface area contributed by atoms with Crippen LogP contribution in [0.4, 0.5) is 10.5 Å². The van der Waals surface area contributed by atoms with E-state index in [1.807, 2.05) is 26.8 Å². The van der Waals surface area contributed by atoms with Crippen LogP contribution in [0.25, 0.3) is 6.08 Å². The van der Waals surface area contributed by atoms with Crippen LogP contribution in [0.15, 0.2) is 46.6 Å². The highest BCUT2D eigenvalue weighted by Crippen LogP contribution is 2.38. The Kier molecular flexibility index (Phi) is 7.05. The quantitative estimate of drug-likeness (QED) is 0.392. The van der Waals surface area contributed by atoms with Crippen LogP contribution in [-0.2, 0) is 4.79 Å². The summed E-state index contributed by atoms with van der Waals surface area (Å²) in [7, 11) is 0. The average molecular weight is 494 g/mol. The molecule has 2 aromatic rings. The molecule has 1 heterocycles. The molecule has 0 radical (unpaired) electrons. The largest absolute Gasteiger partial charge is 0.490 e. The second-order valence-electron chi connectivity index (χ2n) is 6.70. The van der Waals surface area contributed by atoms with Crippen LogP contribution >= 0.6 is 27.5 Å². The summed E-state index contributed by atoms with van der Waals surface area (Å²) in [6, 6.07) is 9.57. The van der Waals surface area contributed by atoms with Crippen molar-refractivity contribution in [2.45, 2.75) is 33.3 Å². The Bertz CT molecular complexity index is 991. The molecule has 8 heteroatoms. The average Bonchev–Trinajstić information content (AvgIpc) is 2.98. The number of rotatable bonds is 7. The van der Waals surface area contributed by atoms with E-state index in [9.17, 15) is 9.59 Å². The lowest BCUT2D eigenvalue weighted by Crippen LogP contribution is -2.30. The Morgan fingerprint density at radius 3 is 2.53 bits per heavy atom. The molecule has 1 fully saturated rings. The van der Waals surface area contributed by atoms with E-state index in [1.54, 1.807) is 36.4 Å². The zero-order valence-electron chi connectivity index (χ0n) is 16.9. The normalized spacial score (nSPS) is 16.0. The lowest BCUT2D eigenvalue weighted by atomic mass is 10.1. The number of benzene rings is 2. The molecular formula is C22H22BrClN2O4. The van der Waals surface area contributed by atoms with Gasteiger partial charge in [0.2, 0.25) is 0 Å². The van der Waals surface area contributed by atoms with Gasteiger partial charge in [-0.1, -0.05) is 18.5 Å². The zero-order valence-corrected chi connectivity index (χ0v) is 19.2. The summed E-state index contributed by atoms with van der Waals surface area (Å²) in [4.78, 5) is 26.3. The first kappa shape index (κ1) is 22.2. The van der Waals surface area contributed by atoms with Gasteiger partial charge >= 0.3 is 6.03 Å². The monoisotopic (exact) mass is 492 g/mol. The van der Waals surface area contributed by atoms with E-state index in [0.29, 0.717) is 38.9 Å². The number of carbonyl (C=O) groups is 2. The summed E-state index contributed by atoms with van der Waals surface area (Å²) in [6.07, 6.45) is 2.48. The van der Waals surface area contributed by atoms with Crippen molar-refractivity contribution in [2.75, 3.05) is 11.5 Å². The molecule has 3 rings (SSSR count). The number of imide groups is 1. The number of hydrogen-bond acceptors (Lipinski definition) is 4. The summed E-state index contributed by atoms with van der Waals surface area (Å²) in [6.45, 7) is 6.37. The topological polar surface area (TPSA) is 67.9 Å². The van der Waals surface area contributed by atoms with Gasteiger partial charge in [-0.05, 0) is 84.2 Å². The maximum absolute atomic E-state index is 12.8. The number of hydrogen-bond donors (Lipinski definition) is 1. The highest BCUT2D eigenvalue weighted by atomic mass is 79.9. The van der Waals surface area contributed by atoms with E-state index in [1.165, 1.54) is 0 Å². The van der Waals surface area contributed by atoms with Crippen LogP contribution in [0, 0.1) is 0 Å². The maximum Gasteiger partial charge on any atom is 0.333 e. The fourth-order valence-electron chi connectivity index (χ4n) is 2.86. The van der Waals surface area contributed by atoms with Gasteiger partial charge in [-0.2, -0.15) is 0 Å². The molecule has 3 amide bonds. The molecule has 0 spiro atoms. The van der Waals surface area contributed by atoms with Crippen LogP contribution in [0.3, 0.4) is 0 Å². The van der Waals surface area contributed by atoms with E-state index >= 15 is 0 Å². The van der Waals surface area contributed by atoms with E-state index in [4.69, 9.17) is 21.1 Å². The van der Waals surface area contributed by atoms with Gasteiger partial charge in [0, 0.05) is 5.02 Å². The third-order valence-corrected chi connectivity index (χ3v) is 5.34. The number of ether oxygens (including phenoxy) is 2. The van der Waals surface area contributed by atoms with Gasteiger partial charge in [0.25, 0.3) is 5.91 Å². The minimum Gasteiger partial charge on any atom is -0.490 e. The van der Waals surface area contributed by atoms with Gasteiger partial charge in [-0.15, -0.1) is 0 Å². The van der Waals surface area contributed by atoms with Crippen molar-refractivity contribution in [3.8, 4) is 11.5 Å². The Morgan fingerprint density at radius 1 is 1.20 bits per heavy atom. The van der Waals surface area contributed by atoms with Crippen molar-refractivity contribution in [3.05, 3.63) is 57.2 Å². The van der Waals surface area contributed by atoms with Gasteiger partial charge in [-0.25, -0.2) is 9.69 Å². The van der Waals surface area contributed by atoms with Crippen LogP contribution in [0.2, 0.25) is 5.02 Å². The number of anilines is 1. The lowest BCUT2D eigenvalue weighted by Gasteiger charge is -2.18. The molecule has 0 unspecified atom stereocenters. The molecule has 2 aromatic carbocycles. The van der Waals surface area contributed by atoms with Crippen LogP contribution in [0.1, 0.15) is 32.8 Å². The molecule has 0 aromatic heterocycles. The standard InChI is InChI=1S/C22H22BrClN2O4/c1-4-13(3)30-20-17(23)10-14(12-19(20)29-5-2)11-18-21(27)26(22(28)25-18)16-8-6-15(24)7-9-16/h6-13H,4-5H2,1-3H3,(H,25,28)/b18-11+/t13-/m1/s1. The number of halogens is 2. The molecule has 0 aliphatic carbocycles. The lowest BCUT2D eigenvalue weighted by molar-refractivity contribution is -0.113. The molecular weight excluding hydrogens is 472 g/mol. The molecule has 30 heavy (non-hydrogen) atoms. The van der Waals surface area contributed by atoms with Gasteiger partial charge < -0.3 is 14.8 Å². The van der Waals surface area contributed by atoms with Crippen molar-refractivity contribution < 1.29 is 19.1 Å². The first-order valence-corrected chi connectivity index (χ1v) is 10.8. The van der Waals surface area contributed by atoms with Crippen molar-refractivity contribution in [3.63, 3.8) is 0 Å². The fourth-order valence-corrected chi connectivity index (χ4v) is 3.54. The second kappa shape index (κ2) is 9.53. The van der Waals surface area contributed by atoms with Crippen LogP contribution in [0.5, 0.6) is 11.5 Å². The molecule has 0 saturated carbocycles. The summed E-state index contributed by atoms with van der Waals surface area (Å²) in [5.74, 6) is 0.722. The first-order chi connectivity index (χ1) is 14.3. The van der Waals surface area contributed by atoms with E-state index in [-0.39, 0.29) is 11.8 Å². The van der Waals surface area contributed by atoms with Crippen molar-refractivity contribution in [2.24, 2.45) is 0 Å². The first-order valence-electron chi connectivity index (χ1n) is 9.59. The third kappa shape index (κ3) is 4.79. The zero-order chi connectivity index (χ0) is 21.8. The highest BCUT2D eigenvalue weighted by molar-refractivity contribution is 9.10. The van der Waals surface area contributed by atoms with E-state index in [2.05, 4.69) is 21.2 Å². The number of nitrogens with one attached hydrogen (secondary N) is 1. The Hall–Kier alpha value is -2.51. The number of amides is 3. The molecule has 1 aliphatic rings. The van der Waals surface area contributed by atoms with Crippen LogP contribution < -0.4 is 19.7 Å². The van der Waals surface area contributed by atoms with Gasteiger partial charge in [0.1, 0.15) is 5.70 Å². The van der Waals surface area contributed by atoms with Crippen LogP contribution in [-0.4, -0.2) is 24.6 Å². The predicted molar refractivity (Wildman–Crippen MR) is 121 cm³/mol. The second-order valence-corrected chi connectivity index (χ2v) is 8.00. The van der Waals surface area contributed by atoms with E-state index < -0.39 is 11.9 Å². The summed E-state index contributed by atoms with van der Waals surface area (Å²) >= 11 is 9.42. The van der Waals surface area contributed by atoms with Gasteiger partial charge in [0.05, 0.1) is 22.9 Å². The minimum atomic E-state index is -0.519. The third-order valence-electron chi connectivity index (χ3n) is 4.50. The summed E-state index contributed by atoms with van der Waals surface area (Å²) in [5, 5.41) is 3.14. The summed E-state index contributed by atoms with van der Waals surface area (Å²) in [5.41, 5.74) is 1.29. The molecule has 6 nitrogen and oxygen atoms in total. The maximum atomic E-state index is 12.8. The highest BCUT2D eigenvalue weighted by Gasteiger charge is 2.34. The molecule has 1 atom stereocenters. The number of urea groups is 1. The Labute approximate surface area is 188 Å². The van der Waals surface area contributed by atoms with Crippen molar-refractivity contribution >= 4 is 51.2 Å².